The van der Waals surface area contributed by atoms with Gasteiger partial charge in [-0.1, -0.05) is 0 Å². The molecule has 4 fully saturated rings. The van der Waals surface area contributed by atoms with E-state index in [1.165, 1.54) is 38.5 Å². The van der Waals surface area contributed by atoms with Gasteiger partial charge in [0.15, 0.2) is 0 Å². The molecule has 0 heterocycles. The van der Waals surface area contributed by atoms with Crippen molar-refractivity contribution in [3.63, 3.8) is 0 Å². The van der Waals surface area contributed by atoms with Crippen molar-refractivity contribution < 1.29 is 4.79 Å². The Bertz CT molecular complexity index is 289. The largest absolute Gasteiger partial charge is 0.354 e. The van der Waals surface area contributed by atoms with Crippen LogP contribution in [-0.2, 0) is 4.79 Å². The minimum absolute atomic E-state index is 0.0146. The van der Waals surface area contributed by atoms with Crippen LogP contribution in [0.15, 0.2) is 0 Å². The zero-order valence-electron chi connectivity index (χ0n) is 10.7. The summed E-state index contributed by atoms with van der Waals surface area (Å²) in [5, 5.41) is 3.08. The summed E-state index contributed by atoms with van der Waals surface area (Å²) in [7, 11) is 0. The Morgan fingerprint density at radius 3 is 2.12 bits per heavy atom. The molecule has 3 N–H and O–H groups in total. The van der Waals surface area contributed by atoms with E-state index in [0.717, 1.165) is 24.3 Å². The Morgan fingerprint density at radius 2 is 1.71 bits per heavy atom. The van der Waals surface area contributed by atoms with E-state index in [2.05, 4.69) is 5.32 Å². The van der Waals surface area contributed by atoms with Crippen LogP contribution in [0, 0.1) is 23.2 Å². The molecule has 4 bridgehead atoms. The molecule has 0 aromatic carbocycles. The molecule has 96 valence electrons. The maximum atomic E-state index is 11.6. The van der Waals surface area contributed by atoms with Crippen molar-refractivity contribution in [3.8, 4) is 0 Å². The molecular weight excluding hydrogens is 212 g/mol. The predicted octanol–water partition coefficient (Wildman–Crippen LogP) is 1.67. The Balaban J connectivity index is 1.64. The number of nitrogens with one attached hydrogen (secondary N) is 1. The van der Waals surface area contributed by atoms with Crippen LogP contribution in [0.3, 0.4) is 0 Å². The third-order valence-electron chi connectivity index (χ3n) is 5.22. The smallest absolute Gasteiger partial charge is 0.236 e. The average Bonchev–Trinajstić information content (AvgIpc) is 2.24. The summed E-state index contributed by atoms with van der Waals surface area (Å²) in [5.41, 5.74) is 6.03. The van der Waals surface area contributed by atoms with Crippen LogP contribution >= 0.6 is 0 Å². The summed E-state index contributed by atoms with van der Waals surface area (Å²) >= 11 is 0. The summed E-state index contributed by atoms with van der Waals surface area (Å²) in [6.45, 7) is 2.63. The number of hydrogen-bond donors (Lipinski definition) is 2. The molecule has 4 saturated carbocycles. The summed E-state index contributed by atoms with van der Waals surface area (Å²) < 4.78 is 0. The SMILES string of the molecule is C[C@H](N)C(=O)NCC12CC3CC(CC(C3)C1)C2. The lowest BCUT2D eigenvalue weighted by molar-refractivity contribution is -0.124. The minimum atomic E-state index is -0.371. The second-order valence-electron chi connectivity index (χ2n) is 6.92. The molecule has 3 heteroatoms. The van der Waals surface area contributed by atoms with Gasteiger partial charge in [-0.3, -0.25) is 4.79 Å². The van der Waals surface area contributed by atoms with Gasteiger partial charge < -0.3 is 11.1 Å². The first-order valence-electron chi connectivity index (χ1n) is 7.10. The third kappa shape index (κ3) is 2.10. The topological polar surface area (TPSA) is 55.1 Å². The molecule has 0 saturated heterocycles. The normalized spacial score (nSPS) is 44.7. The zero-order chi connectivity index (χ0) is 12.0. The van der Waals surface area contributed by atoms with Gasteiger partial charge in [-0.2, -0.15) is 0 Å². The van der Waals surface area contributed by atoms with Crippen molar-refractivity contribution in [2.24, 2.45) is 28.9 Å². The molecule has 0 unspecified atom stereocenters. The number of carbonyl (C=O) groups excluding carboxylic acids is 1. The maximum absolute atomic E-state index is 11.6. The van der Waals surface area contributed by atoms with Gasteiger partial charge >= 0.3 is 0 Å². The van der Waals surface area contributed by atoms with Crippen LogP contribution < -0.4 is 11.1 Å². The highest BCUT2D eigenvalue weighted by Crippen LogP contribution is 2.59. The fraction of sp³-hybridized carbons (Fsp3) is 0.929. The summed E-state index contributed by atoms with van der Waals surface area (Å²) in [5.74, 6) is 2.87. The van der Waals surface area contributed by atoms with Gasteiger partial charge in [0, 0.05) is 6.54 Å². The van der Waals surface area contributed by atoms with Gasteiger partial charge in [-0.05, 0) is 68.6 Å². The van der Waals surface area contributed by atoms with Crippen LogP contribution in [0.5, 0.6) is 0 Å². The molecule has 4 rings (SSSR count). The zero-order valence-corrected chi connectivity index (χ0v) is 10.7. The molecule has 0 aromatic rings. The molecule has 1 atom stereocenters. The van der Waals surface area contributed by atoms with Gasteiger partial charge in [-0.25, -0.2) is 0 Å². The second kappa shape index (κ2) is 3.98. The predicted molar refractivity (Wildman–Crippen MR) is 67.3 cm³/mol. The van der Waals surface area contributed by atoms with Crippen LogP contribution in [0.25, 0.3) is 0 Å². The van der Waals surface area contributed by atoms with E-state index in [-0.39, 0.29) is 11.9 Å². The Labute approximate surface area is 104 Å². The summed E-state index contributed by atoms with van der Waals surface area (Å²) in [4.78, 5) is 11.6. The lowest BCUT2D eigenvalue weighted by Gasteiger charge is -2.57. The van der Waals surface area contributed by atoms with Gasteiger partial charge in [-0.15, -0.1) is 0 Å². The standard InChI is InChI=1S/C14H24N2O/c1-9(15)13(17)16-8-14-5-10-2-11(6-14)4-12(3-10)7-14/h9-12H,2-8,15H2,1H3,(H,16,17)/t9-,10?,11?,12?,14?/m0/s1. The van der Waals surface area contributed by atoms with E-state index < -0.39 is 0 Å². The van der Waals surface area contributed by atoms with E-state index in [1.807, 2.05) is 0 Å². The van der Waals surface area contributed by atoms with Crippen molar-refractivity contribution in [3.05, 3.63) is 0 Å². The van der Waals surface area contributed by atoms with Crippen molar-refractivity contribution in [1.29, 1.82) is 0 Å². The lowest BCUT2D eigenvalue weighted by Crippen LogP contribution is -2.52. The van der Waals surface area contributed by atoms with Crippen molar-refractivity contribution in [1.82, 2.24) is 5.32 Å². The first-order valence-corrected chi connectivity index (χ1v) is 7.10. The van der Waals surface area contributed by atoms with Crippen LogP contribution in [0.2, 0.25) is 0 Å². The first kappa shape index (κ1) is 11.5. The Kier molecular flexibility index (Phi) is 2.69. The maximum Gasteiger partial charge on any atom is 0.236 e. The van der Waals surface area contributed by atoms with E-state index >= 15 is 0 Å². The monoisotopic (exact) mass is 236 g/mol. The van der Waals surface area contributed by atoms with E-state index in [4.69, 9.17) is 5.73 Å². The van der Waals surface area contributed by atoms with Gasteiger partial charge in [0.2, 0.25) is 5.91 Å². The Hall–Kier alpha value is -0.570. The Morgan fingerprint density at radius 1 is 1.24 bits per heavy atom. The number of amides is 1. The molecule has 0 radical (unpaired) electrons. The molecule has 4 aliphatic rings. The fourth-order valence-electron chi connectivity index (χ4n) is 4.94. The van der Waals surface area contributed by atoms with E-state index in [1.54, 1.807) is 6.92 Å². The van der Waals surface area contributed by atoms with E-state index in [9.17, 15) is 4.79 Å². The van der Waals surface area contributed by atoms with Crippen molar-refractivity contribution in [2.75, 3.05) is 6.54 Å². The molecular formula is C14H24N2O. The minimum Gasteiger partial charge on any atom is -0.354 e. The number of carbonyl (C=O) groups is 1. The van der Waals surface area contributed by atoms with Crippen LogP contribution in [-0.4, -0.2) is 18.5 Å². The van der Waals surface area contributed by atoms with E-state index in [0.29, 0.717) is 5.41 Å². The number of rotatable bonds is 3. The first-order chi connectivity index (χ1) is 8.06. The molecule has 4 aliphatic carbocycles. The lowest BCUT2D eigenvalue weighted by atomic mass is 9.49. The number of hydrogen-bond acceptors (Lipinski definition) is 2. The van der Waals surface area contributed by atoms with Crippen LogP contribution in [0.1, 0.15) is 45.4 Å². The van der Waals surface area contributed by atoms with Crippen molar-refractivity contribution >= 4 is 5.91 Å². The molecule has 3 nitrogen and oxygen atoms in total. The quantitative estimate of drug-likeness (QED) is 0.783. The third-order valence-corrected chi connectivity index (χ3v) is 5.22. The molecule has 0 aliphatic heterocycles. The summed E-state index contributed by atoms with van der Waals surface area (Å²) in [6.07, 6.45) is 8.41. The molecule has 1 amide bonds. The van der Waals surface area contributed by atoms with Gasteiger partial charge in [0.1, 0.15) is 0 Å². The highest BCUT2D eigenvalue weighted by atomic mass is 16.2. The molecule has 0 spiro atoms. The van der Waals surface area contributed by atoms with Crippen molar-refractivity contribution in [2.45, 2.75) is 51.5 Å². The highest BCUT2D eigenvalue weighted by molar-refractivity contribution is 5.80. The number of nitrogens with two attached hydrogens (primary N) is 1. The summed E-state index contributed by atoms with van der Waals surface area (Å²) in [6, 6.07) is -0.371. The second-order valence-corrected chi connectivity index (χ2v) is 6.92. The molecule has 0 aromatic heterocycles. The van der Waals surface area contributed by atoms with Crippen LogP contribution in [0.4, 0.5) is 0 Å². The fourth-order valence-corrected chi connectivity index (χ4v) is 4.94. The highest BCUT2D eigenvalue weighted by Gasteiger charge is 2.50. The van der Waals surface area contributed by atoms with Gasteiger partial charge in [0.05, 0.1) is 6.04 Å². The average molecular weight is 236 g/mol. The van der Waals surface area contributed by atoms with Gasteiger partial charge in [0.25, 0.3) is 0 Å². The molecule has 17 heavy (non-hydrogen) atoms.